The summed E-state index contributed by atoms with van der Waals surface area (Å²) in [4.78, 5) is 67.8. The van der Waals surface area contributed by atoms with Crippen molar-refractivity contribution < 1.29 is 61.4 Å². The van der Waals surface area contributed by atoms with Crippen molar-refractivity contribution in [1.29, 1.82) is 0 Å². The number of imidazole rings is 1. The van der Waals surface area contributed by atoms with Crippen molar-refractivity contribution >= 4 is 34.6 Å². The van der Waals surface area contributed by atoms with Crippen LogP contribution in [0.25, 0.3) is 11.2 Å². The highest BCUT2D eigenvalue weighted by Gasteiger charge is 2.47. The normalized spacial score (nSPS) is 27.0. The highest BCUT2D eigenvalue weighted by Crippen LogP contribution is 2.66. The Morgan fingerprint density at radius 3 is 2.26 bits per heavy atom. The van der Waals surface area contributed by atoms with Gasteiger partial charge in [-0.15, -0.1) is 0 Å². The number of phosphoric acid groups is 3. The van der Waals surface area contributed by atoms with Crippen molar-refractivity contribution in [3.05, 3.63) is 26.7 Å². The quantitative estimate of drug-likeness (QED) is 0.155. The minimum Gasteiger partial charge on any atom is -0.387 e. The van der Waals surface area contributed by atoms with Gasteiger partial charge in [0.05, 0.1) is 6.61 Å². The Bertz CT molecular complexity index is 1330. The Hall–Kier alpha value is -1.56. The minimum absolute atomic E-state index is 0.143. The van der Waals surface area contributed by atoms with Gasteiger partial charge in [-0.1, -0.05) is 6.92 Å². The number of hydrogen-bond acceptors (Lipinski definition) is 12. The second kappa shape index (κ2) is 9.48. The van der Waals surface area contributed by atoms with Gasteiger partial charge in [-0.2, -0.15) is 8.62 Å². The number of hydrogen-bond donors (Lipinski definition) is 8. The predicted octanol–water partition coefficient (Wildman–Crippen LogP) is -2.06. The first-order valence-corrected chi connectivity index (χ1v) is 13.6. The third kappa shape index (κ3) is 5.98. The van der Waals surface area contributed by atoms with Crippen molar-refractivity contribution in [3.8, 4) is 0 Å². The van der Waals surface area contributed by atoms with Gasteiger partial charge in [-0.05, 0) is 0 Å². The zero-order valence-corrected chi connectivity index (χ0v) is 19.5. The lowest BCUT2D eigenvalue weighted by Crippen LogP contribution is -2.34. The summed E-state index contributed by atoms with van der Waals surface area (Å²) in [6.07, 6.45) is -6.37. The molecule has 0 radical (unpaired) electrons. The van der Waals surface area contributed by atoms with E-state index in [9.17, 15) is 38.4 Å². The maximum atomic E-state index is 12.0. The monoisotopic (exact) mass is 552 g/mol. The Morgan fingerprint density at radius 2 is 1.68 bits per heavy atom. The number of ether oxygens (including phenoxy) is 1. The molecule has 0 amide bonds. The number of nitrogens with zero attached hydrogens (tertiary/aromatic N) is 2. The fraction of sp³-hybridized carbons (Fsp3) is 0.583. The molecular weight excluding hydrogens is 533 g/mol. The van der Waals surface area contributed by atoms with E-state index in [1.165, 1.54) is 0 Å². The summed E-state index contributed by atoms with van der Waals surface area (Å²) in [5, 5.41) is 20.7. The van der Waals surface area contributed by atoms with Gasteiger partial charge in [0.15, 0.2) is 11.7 Å². The number of rotatable bonds is 9. The first-order valence-electron chi connectivity index (χ1n) is 9.07. The number of phosphoric ester groups is 1. The average molecular weight is 552 g/mol. The van der Waals surface area contributed by atoms with E-state index in [-0.39, 0.29) is 23.4 Å². The first kappa shape index (κ1) is 27.0. The Kier molecular flexibility index (Phi) is 7.54. The number of aryl methyl sites for hydroxylation is 1. The van der Waals surface area contributed by atoms with E-state index in [2.05, 4.69) is 23.1 Å². The predicted molar refractivity (Wildman–Crippen MR) is 106 cm³/mol. The van der Waals surface area contributed by atoms with Crippen molar-refractivity contribution in [2.75, 3.05) is 6.61 Å². The summed E-state index contributed by atoms with van der Waals surface area (Å²) in [5.74, 6) is 0.159. The Labute approximate surface area is 187 Å². The van der Waals surface area contributed by atoms with E-state index in [0.717, 1.165) is 4.57 Å². The molecule has 22 heteroatoms. The van der Waals surface area contributed by atoms with Crippen LogP contribution in [-0.4, -0.2) is 74.2 Å². The summed E-state index contributed by atoms with van der Waals surface area (Å²) in [5.41, 5.74) is -2.06. The van der Waals surface area contributed by atoms with Crippen LogP contribution >= 0.6 is 23.5 Å². The maximum absolute atomic E-state index is 12.0. The van der Waals surface area contributed by atoms with Crippen molar-refractivity contribution in [2.45, 2.75) is 37.9 Å². The molecule has 3 rings (SSSR count). The highest BCUT2D eigenvalue weighted by molar-refractivity contribution is 7.66. The van der Waals surface area contributed by atoms with E-state index < -0.39 is 65.9 Å². The van der Waals surface area contributed by atoms with Gasteiger partial charge in [-0.25, -0.2) is 23.5 Å². The summed E-state index contributed by atoms with van der Waals surface area (Å²) < 4.78 is 52.1. The zero-order valence-electron chi connectivity index (χ0n) is 16.8. The van der Waals surface area contributed by atoms with Crippen LogP contribution in [0.5, 0.6) is 0 Å². The van der Waals surface area contributed by atoms with Crippen LogP contribution in [0.15, 0.2) is 9.59 Å². The molecule has 6 atom stereocenters. The van der Waals surface area contributed by atoms with E-state index in [1.807, 2.05) is 4.98 Å². The standard InChI is InChI=1S/C12H19N4O15P3/c1-2-5-13-6-9(14-12(20)15-10(6)19)16(5)11-8(18)7(17)4(29-11)3-28-33(24,25)31-34(26,27)30-32(21,22)23/h4,7-8,11,17-18H,2-3H2,1H3,(H,24,25)(H,26,27)(H2,21,22,23)(H2,14,15,19,20)/t4-,7-,8-,11-/m1/s1. The molecule has 0 bridgehead atoms. The third-order valence-corrected chi connectivity index (χ3v) is 8.19. The highest BCUT2D eigenvalue weighted by atomic mass is 31.3. The van der Waals surface area contributed by atoms with Gasteiger partial charge in [0, 0.05) is 6.42 Å². The molecule has 2 aromatic heterocycles. The third-order valence-electron chi connectivity index (χ3n) is 4.38. The fourth-order valence-electron chi connectivity index (χ4n) is 3.13. The van der Waals surface area contributed by atoms with Gasteiger partial charge in [0.1, 0.15) is 29.8 Å². The smallest absolute Gasteiger partial charge is 0.387 e. The van der Waals surface area contributed by atoms with E-state index in [0.29, 0.717) is 0 Å². The minimum atomic E-state index is -5.76. The lowest BCUT2D eigenvalue weighted by molar-refractivity contribution is -0.0514. The van der Waals surface area contributed by atoms with Crippen LogP contribution in [0.1, 0.15) is 19.0 Å². The summed E-state index contributed by atoms with van der Waals surface area (Å²) in [6, 6.07) is 0. The lowest BCUT2D eigenvalue weighted by Gasteiger charge is -2.20. The molecule has 0 spiro atoms. The molecule has 2 aromatic rings. The molecule has 1 aliphatic heterocycles. The largest absolute Gasteiger partial charge is 0.490 e. The number of H-pyrrole nitrogens is 2. The molecule has 3 heterocycles. The van der Waals surface area contributed by atoms with E-state index in [1.54, 1.807) is 6.92 Å². The molecule has 0 saturated carbocycles. The van der Waals surface area contributed by atoms with Gasteiger partial charge in [0.25, 0.3) is 5.56 Å². The number of aliphatic hydroxyl groups is 2. The van der Waals surface area contributed by atoms with Crippen LogP contribution in [0, 0.1) is 0 Å². The molecule has 19 nitrogen and oxygen atoms in total. The molecular formula is C12H19N4O15P3. The second-order valence-electron chi connectivity index (χ2n) is 6.79. The van der Waals surface area contributed by atoms with Gasteiger partial charge in [-0.3, -0.25) is 23.9 Å². The topological polar surface area (TPSA) is 293 Å². The zero-order chi connectivity index (χ0) is 25.6. The molecule has 8 N–H and O–H groups in total. The lowest BCUT2D eigenvalue weighted by atomic mass is 10.1. The van der Waals surface area contributed by atoms with Crippen LogP contribution in [0.3, 0.4) is 0 Å². The average Bonchev–Trinajstić information content (AvgIpc) is 3.15. The molecule has 0 aromatic carbocycles. The molecule has 34 heavy (non-hydrogen) atoms. The first-order chi connectivity index (χ1) is 15.5. The summed E-state index contributed by atoms with van der Waals surface area (Å²) >= 11 is 0. The van der Waals surface area contributed by atoms with Crippen LogP contribution in [0.2, 0.25) is 0 Å². The second-order valence-corrected chi connectivity index (χ2v) is 11.2. The van der Waals surface area contributed by atoms with Crippen LogP contribution in [-0.2, 0) is 38.0 Å². The van der Waals surface area contributed by atoms with E-state index >= 15 is 0 Å². The Balaban J connectivity index is 1.81. The van der Waals surface area contributed by atoms with Gasteiger partial charge < -0.3 is 34.5 Å². The fourth-order valence-corrected chi connectivity index (χ4v) is 6.16. The summed E-state index contributed by atoms with van der Waals surface area (Å²) in [6.45, 7) is 0.595. The molecule has 2 unspecified atom stereocenters. The van der Waals surface area contributed by atoms with Gasteiger partial charge >= 0.3 is 29.2 Å². The van der Waals surface area contributed by atoms with E-state index in [4.69, 9.17) is 19.4 Å². The van der Waals surface area contributed by atoms with Crippen LogP contribution in [0.4, 0.5) is 0 Å². The van der Waals surface area contributed by atoms with Crippen molar-refractivity contribution in [3.63, 3.8) is 0 Å². The number of nitrogens with one attached hydrogen (secondary N) is 2. The molecule has 1 aliphatic rings. The van der Waals surface area contributed by atoms with Crippen molar-refractivity contribution in [1.82, 2.24) is 19.5 Å². The number of aromatic nitrogens is 4. The maximum Gasteiger partial charge on any atom is 0.490 e. The SMILES string of the molecule is CCc1nc2c(=O)[nH]c(=O)[nH]c2n1[C@@H]1O[C@H](COP(=O)(O)OP(=O)(O)OP(=O)(O)O)[C@@H](O)[C@H]1O. The molecule has 192 valence electrons. The van der Waals surface area contributed by atoms with Crippen molar-refractivity contribution in [2.24, 2.45) is 0 Å². The number of fused-ring (bicyclic) bond motifs is 1. The molecule has 1 saturated heterocycles. The number of aromatic amines is 2. The number of aliphatic hydroxyl groups excluding tert-OH is 2. The Morgan fingerprint density at radius 1 is 1.03 bits per heavy atom. The van der Waals surface area contributed by atoms with Gasteiger partial charge in [0.2, 0.25) is 0 Å². The summed E-state index contributed by atoms with van der Waals surface area (Å²) in [7, 11) is -16.9. The molecule has 1 fully saturated rings. The molecule has 0 aliphatic carbocycles. The van der Waals surface area contributed by atoms with Crippen LogP contribution < -0.4 is 11.2 Å².